The van der Waals surface area contributed by atoms with E-state index in [-0.39, 0.29) is 5.54 Å². The standard InChI is InChI=1S/C15H26BrN3O2/c1-15(2,18-7-5-4-6-8-18)14(20)13-12(16)11-17-19(13)9-10-21-3/h11,14,20H,4-10H2,1-3H3. The molecule has 1 N–H and O–H groups in total. The topological polar surface area (TPSA) is 50.5 Å². The zero-order chi connectivity index (χ0) is 15.5. The number of methoxy groups -OCH3 is 1. The van der Waals surface area contributed by atoms with Crippen molar-refractivity contribution in [3.05, 3.63) is 16.4 Å². The first-order valence-corrected chi connectivity index (χ1v) is 8.41. The lowest BCUT2D eigenvalue weighted by Crippen LogP contribution is -2.51. The predicted octanol–water partition coefficient (Wildman–Crippen LogP) is 2.59. The van der Waals surface area contributed by atoms with Gasteiger partial charge in [0.2, 0.25) is 0 Å². The van der Waals surface area contributed by atoms with Gasteiger partial charge in [-0.05, 0) is 55.7 Å². The highest BCUT2D eigenvalue weighted by Gasteiger charge is 2.38. The van der Waals surface area contributed by atoms with Gasteiger partial charge in [-0.15, -0.1) is 0 Å². The summed E-state index contributed by atoms with van der Waals surface area (Å²) in [4.78, 5) is 2.39. The average molecular weight is 360 g/mol. The Balaban J connectivity index is 2.21. The van der Waals surface area contributed by atoms with Gasteiger partial charge in [-0.25, -0.2) is 0 Å². The Morgan fingerprint density at radius 3 is 2.67 bits per heavy atom. The highest BCUT2D eigenvalue weighted by atomic mass is 79.9. The second kappa shape index (κ2) is 7.22. The van der Waals surface area contributed by atoms with Gasteiger partial charge in [0.1, 0.15) is 6.10 Å². The molecule has 2 rings (SSSR count). The van der Waals surface area contributed by atoms with Gasteiger partial charge in [0.05, 0.1) is 29.5 Å². The molecule has 0 spiro atoms. The number of rotatable bonds is 6. The van der Waals surface area contributed by atoms with Crippen LogP contribution in [0, 0.1) is 0 Å². The first-order valence-electron chi connectivity index (χ1n) is 7.61. The Hall–Kier alpha value is -0.430. The third kappa shape index (κ3) is 3.67. The maximum absolute atomic E-state index is 11.0. The third-order valence-corrected chi connectivity index (χ3v) is 5.05. The quantitative estimate of drug-likeness (QED) is 0.847. The fourth-order valence-corrected chi connectivity index (χ4v) is 3.49. The molecular weight excluding hydrogens is 334 g/mol. The molecule has 1 aliphatic heterocycles. The average Bonchev–Trinajstić information content (AvgIpc) is 2.86. The summed E-state index contributed by atoms with van der Waals surface area (Å²) in [6.45, 7) is 7.55. The van der Waals surface area contributed by atoms with Crippen molar-refractivity contribution in [2.75, 3.05) is 26.8 Å². The molecule has 120 valence electrons. The minimum atomic E-state index is -0.593. The molecule has 1 atom stereocenters. The van der Waals surface area contributed by atoms with Crippen molar-refractivity contribution in [2.24, 2.45) is 0 Å². The van der Waals surface area contributed by atoms with Gasteiger partial charge in [0.25, 0.3) is 0 Å². The number of aromatic nitrogens is 2. The Morgan fingerprint density at radius 2 is 2.05 bits per heavy atom. The summed E-state index contributed by atoms with van der Waals surface area (Å²) in [7, 11) is 1.67. The summed E-state index contributed by atoms with van der Waals surface area (Å²) >= 11 is 3.52. The number of aliphatic hydroxyl groups excluding tert-OH is 1. The third-order valence-electron chi connectivity index (χ3n) is 4.44. The largest absolute Gasteiger partial charge is 0.385 e. The molecule has 0 radical (unpaired) electrons. The highest BCUT2D eigenvalue weighted by Crippen LogP contribution is 2.36. The van der Waals surface area contributed by atoms with Crippen molar-refractivity contribution >= 4 is 15.9 Å². The fourth-order valence-electron chi connectivity index (χ4n) is 2.98. The Morgan fingerprint density at radius 1 is 1.38 bits per heavy atom. The molecule has 0 bridgehead atoms. The maximum Gasteiger partial charge on any atom is 0.114 e. The molecule has 1 saturated heterocycles. The van der Waals surface area contributed by atoms with Gasteiger partial charge in [-0.3, -0.25) is 9.58 Å². The van der Waals surface area contributed by atoms with Crippen molar-refractivity contribution in [1.29, 1.82) is 0 Å². The number of ether oxygens (including phenoxy) is 1. The number of aliphatic hydroxyl groups is 1. The predicted molar refractivity (Wildman–Crippen MR) is 86.3 cm³/mol. The lowest BCUT2D eigenvalue weighted by Gasteiger charge is -2.44. The van der Waals surface area contributed by atoms with E-state index in [1.807, 2.05) is 4.68 Å². The second-order valence-corrected chi connectivity index (χ2v) is 7.05. The molecule has 1 fully saturated rings. The van der Waals surface area contributed by atoms with Crippen LogP contribution in [0.3, 0.4) is 0 Å². The zero-order valence-corrected chi connectivity index (χ0v) is 14.8. The Bertz CT molecular complexity index is 456. The zero-order valence-electron chi connectivity index (χ0n) is 13.2. The first kappa shape index (κ1) is 16.9. The van der Waals surface area contributed by atoms with E-state index in [1.165, 1.54) is 19.3 Å². The van der Waals surface area contributed by atoms with Crippen LogP contribution in [0.25, 0.3) is 0 Å². The summed E-state index contributed by atoms with van der Waals surface area (Å²) < 4.78 is 7.82. The summed E-state index contributed by atoms with van der Waals surface area (Å²) in [6.07, 6.45) is 4.86. The van der Waals surface area contributed by atoms with E-state index in [4.69, 9.17) is 4.74 Å². The van der Waals surface area contributed by atoms with Crippen LogP contribution in [0.1, 0.15) is 44.9 Å². The molecule has 1 aliphatic rings. The van der Waals surface area contributed by atoms with E-state index in [1.54, 1.807) is 13.3 Å². The van der Waals surface area contributed by atoms with Gasteiger partial charge in [-0.1, -0.05) is 6.42 Å². The van der Waals surface area contributed by atoms with Crippen molar-refractivity contribution in [1.82, 2.24) is 14.7 Å². The molecule has 21 heavy (non-hydrogen) atoms. The molecular formula is C15H26BrN3O2. The molecule has 2 heterocycles. The molecule has 0 amide bonds. The minimum Gasteiger partial charge on any atom is -0.385 e. The normalized spacial score (nSPS) is 18.9. The Labute approximate surface area is 135 Å². The van der Waals surface area contributed by atoms with Crippen molar-refractivity contribution in [2.45, 2.75) is 51.3 Å². The second-order valence-electron chi connectivity index (χ2n) is 6.20. The van der Waals surface area contributed by atoms with E-state index in [0.717, 1.165) is 23.3 Å². The van der Waals surface area contributed by atoms with Crippen LogP contribution in [0.2, 0.25) is 0 Å². The van der Waals surface area contributed by atoms with E-state index in [0.29, 0.717) is 13.2 Å². The number of likely N-dealkylation sites (tertiary alicyclic amines) is 1. The molecule has 5 nitrogen and oxygen atoms in total. The van der Waals surface area contributed by atoms with Crippen LogP contribution in [0.5, 0.6) is 0 Å². The summed E-state index contributed by atoms with van der Waals surface area (Å²) in [6, 6.07) is 0. The number of hydrogen-bond donors (Lipinski definition) is 1. The SMILES string of the molecule is COCCn1ncc(Br)c1C(O)C(C)(C)N1CCCCC1. The lowest BCUT2D eigenvalue weighted by atomic mass is 9.90. The van der Waals surface area contributed by atoms with Crippen LogP contribution >= 0.6 is 15.9 Å². The minimum absolute atomic E-state index is 0.312. The van der Waals surface area contributed by atoms with Crippen LogP contribution in [0.4, 0.5) is 0 Å². The molecule has 1 unspecified atom stereocenters. The van der Waals surface area contributed by atoms with E-state index >= 15 is 0 Å². The van der Waals surface area contributed by atoms with Crippen molar-refractivity contribution in [3.63, 3.8) is 0 Å². The van der Waals surface area contributed by atoms with Crippen molar-refractivity contribution in [3.8, 4) is 0 Å². The fraction of sp³-hybridized carbons (Fsp3) is 0.800. The van der Waals surface area contributed by atoms with E-state index in [2.05, 4.69) is 39.8 Å². The van der Waals surface area contributed by atoms with Gasteiger partial charge >= 0.3 is 0 Å². The lowest BCUT2D eigenvalue weighted by molar-refractivity contribution is -0.0259. The highest BCUT2D eigenvalue weighted by molar-refractivity contribution is 9.10. The molecule has 6 heteroatoms. The maximum atomic E-state index is 11.0. The van der Waals surface area contributed by atoms with Gasteiger partial charge in [0, 0.05) is 12.6 Å². The van der Waals surface area contributed by atoms with E-state index in [9.17, 15) is 5.11 Å². The summed E-state index contributed by atoms with van der Waals surface area (Å²) in [5.41, 5.74) is 0.524. The first-order chi connectivity index (χ1) is 9.98. The van der Waals surface area contributed by atoms with Gasteiger partial charge in [-0.2, -0.15) is 5.10 Å². The number of piperidine rings is 1. The van der Waals surface area contributed by atoms with Crippen LogP contribution in [-0.4, -0.2) is 52.1 Å². The number of nitrogens with zero attached hydrogens (tertiary/aromatic N) is 3. The number of hydrogen-bond acceptors (Lipinski definition) is 4. The molecule has 0 aliphatic carbocycles. The van der Waals surface area contributed by atoms with Crippen LogP contribution in [-0.2, 0) is 11.3 Å². The summed E-state index contributed by atoms with van der Waals surface area (Å²) in [5, 5.41) is 15.3. The summed E-state index contributed by atoms with van der Waals surface area (Å²) in [5.74, 6) is 0. The van der Waals surface area contributed by atoms with E-state index < -0.39 is 6.10 Å². The monoisotopic (exact) mass is 359 g/mol. The van der Waals surface area contributed by atoms with Gasteiger partial charge < -0.3 is 9.84 Å². The Kier molecular flexibility index (Phi) is 5.82. The smallest absolute Gasteiger partial charge is 0.114 e. The molecule has 1 aromatic heterocycles. The number of halogens is 1. The molecule has 0 aromatic carbocycles. The molecule has 1 aromatic rings. The van der Waals surface area contributed by atoms with Crippen LogP contribution in [0.15, 0.2) is 10.7 Å². The van der Waals surface area contributed by atoms with Gasteiger partial charge in [0.15, 0.2) is 0 Å². The van der Waals surface area contributed by atoms with Crippen LogP contribution < -0.4 is 0 Å². The molecule has 0 saturated carbocycles. The van der Waals surface area contributed by atoms with Crippen molar-refractivity contribution < 1.29 is 9.84 Å².